The third-order valence-electron chi connectivity index (χ3n) is 5.39. The van der Waals surface area contributed by atoms with E-state index in [9.17, 15) is 22.0 Å². The van der Waals surface area contributed by atoms with Crippen LogP contribution in [0.2, 0.25) is 0 Å². The Morgan fingerprint density at radius 3 is 2.38 bits per heavy atom. The summed E-state index contributed by atoms with van der Waals surface area (Å²) in [6.45, 7) is 0.150. The van der Waals surface area contributed by atoms with Crippen LogP contribution in [0.25, 0.3) is 0 Å². The topological polar surface area (TPSA) is 84.9 Å². The van der Waals surface area contributed by atoms with Crippen LogP contribution in [0.3, 0.4) is 0 Å². The molecular weight excluding hydrogens is 442 g/mol. The van der Waals surface area contributed by atoms with Crippen LogP contribution in [0, 0.1) is 5.92 Å². The number of sulfonamides is 1. The van der Waals surface area contributed by atoms with Crippen LogP contribution in [-0.4, -0.2) is 45.4 Å². The van der Waals surface area contributed by atoms with Gasteiger partial charge in [0, 0.05) is 25.2 Å². The van der Waals surface area contributed by atoms with Crippen molar-refractivity contribution in [2.75, 3.05) is 20.2 Å². The molecule has 0 saturated carbocycles. The van der Waals surface area contributed by atoms with Crippen LogP contribution in [-0.2, 0) is 16.6 Å². The maximum atomic E-state index is 12.8. The van der Waals surface area contributed by atoms with Crippen LogP contribution >= 0.6 is 0 Å². The molecule has 0 aromatic heterocycles. The smallest absolute Gasteiger partial charge is 0.387 e. The summed E-state index contributed by atoms with van der Waals surface area (Å²) in [7, 11) is -2.25. The Kier molecular flexibility index (Phi) is 7.68. The highest BCUT2D eigenvalue weighted by molar-refractivity contribution is 7.89. The molecule has 3 rings (SSSR count). The molecule has 0 atom stereocenters. The Bertz CT molecular complexity index is 1040. The summed E-state index contributed by atoms with van der Waals surface area (Å²) in [4.78, 5) is 12.6. The molecule has 174 valence electrons. The number of hydrogen-bond acceptors (Lipinski definition) is 5. The van der Waals surface area contributed by atoms with Gasteiger partial charge in [-0.25, -0.2) is 8.42 Å². The standard InChI is InChI=1S/C22H26F2N2O5S/c1-15-9-11-26(12-10-15)32(28,29)18-6-4-17(5-7-18)21(27)25-14-16-3-8-19(30-2)20(13-16)31-22(23)24/h3-8,13,15,22H,9-12,14H2,1-2H3,(H,25,27). The summed E-state index contributed by atoms with van der Waals surface area (Å²) in [6.07, 6.45) is 1.66. The number of methoxy groups -OCH3 is 1. The summed E-state index contributed by atoms with van der Waals surface area (Å²) in [5.74, 6) is 0.111. The van der Waals surface area contributed by atoms with Gasteiger partial charge in [-0.3, -0.25) is 4.79 Å². The van der Waals surface area contributed by atoms with Crippen LogP contribution in [0.5, 0.6) is 11.5 Å². The molecule has 0 spiro atoms. The quantitative estimate of drug-likeness (QED) is 0.639. The Hall–Kier alpha value is -2.72. The van der Waals surface area contributed by atoms with Gasteiger partial charge < -0.3 is 14.8 Å². The normalized spacial score (nSPS) is 15.5. The SMILES string of the molecule is COc1ccc(CNC(=O)c2ccc(S(=O)(=O)N3CCC(C)CC3)cc2)cc1OC(F)F. The number of rotatable bonds is 8. The van der Waals surface area contributed by atoms with Crippen LogP contribution in [0.1, 0.15) is 35.7 Å². The molecule has 1 fully saturated rings. The van der Waals surface area contributed by atoms with Gasteiger partial charge in [0.05, 0.1) is 12.0 Å². The van der Waals surface area contributed by atoms with Gasteiger partial charge in [0.15, 0.2) is 11.5 Å². The number of benzene rings is 2. The fourth-order valence-corrected chi connectivity index (χ4v) is 4.93. The lowest BCUT2D eigenvalue weighted by Crippen LogP contribution is -2.37. The fourth-order valence-electron chi connectivity index (χ4n) is 3.46. The third kappa shape index (κ3) is 5.74. The molecular formula is C22H26F2N2O5S. The Labute approximate surface area is 186 Å². The van der Waals surface area contributed by atoms with Gasteiger partial charge in [0.2, 0.25) is 10.0 Å². The van der Waals surface area contributed by atoms with E-state index in [0.29, 0.717) is 24.6 Å². The van der Waals surface area contributed by atoms with Crippen molar-refractivity contribution in [3.05, 3.63) is 53.6 Å². The van der Waals surface area contributed by atoms with Crippen molar-refractivity contribution >= 4 is 15.9 Å². The molecule has 1 saturated heterocycles. The molecule has 0 unspecified atom stereocenters. The van der Waals surface area contributed by atoms with E-state index in [1.807, 2.05) is 0 Å². The van der Waals surface area contributed by atoms with Gasteiger partial charge in [0.25, 0.3) is 5.91 Å². The lowest BCUT2D eigenvalue weighted by molar-refractivity contribution is -0.0512. The van der Waals surface area contributed by atoms with E-state index in [0.717, 1.165) is 12.8 Å². The molecule has 1 amide bonds. The number of halogens is 2. The number of ether oxygens (including phenoxy) is 2. The molecule has 1 N–H and O–H groups in total. The minimum absolute atomic E-state index is 0.0639. The van der Waals surface area contributed by atoms with Crippen molar-refractivity contribution in [3.8, 4) is 11.5 Å². The largest absolute Gasteiger partial charge is 0.493 e. The van der Waals surface area contributed by atoms with Crippen molar-refractivity contribution in [1.82, 2.24) is 9.62 Å². The van der Waals surface area contributed by atoms with Gasteiger partial charge in [-0.15, -0.1) is 0 Å². The van der Waals surface area contributed by atoms with Gasteiger partial charge in [-0.2, -0.15) is 13.1 Å². The molecule has 7 nitrogen and oxygen atoms in total. The molecule has 10 heteroatoms. The number of alkyl halides is 2. The van der Waals surface area contributed by atoms with Gasteiger partial charge >= 0.3 is 6.61 Å². The number of nitrogens with one attached hydrogen (secondary N) is 1. The molecule has 0 bridgehead atoms. The lowest BCUT2D eigenvalue weighted by atomic mass is 10.0. The predicted octanol–water partition coefficient (Wildman–Crippen LogP) is 3.65. The van der Waals surface area contributed by atoms with Crippen LogP contribution < -0.4 is 14.8 Å². The van der Waals surface area contributed by atoms with E-state index in [1.54, 1.807) is 6.07 Å². The third-order valence-corrected chi connectivity index (χ3v) is 7.31. The van der Waals surface area contributed by atoms with E-state index in [4.69, 9.17) is 4.74 Å². The minimum Gasteiger partial charge on any atom is -0.493 e. The molecule has 1 aliphatic rings. The van der Waals surface area contributed by atoms with Crippen LogP contribution in [0.15, 0.2) is 47.4 Å². The highest BCUT2D eigenvalue weighted by atomic mass is 32.2. The van der Waals surface area contributed by atoms with Gasteiger partial charge in [-0.05, 0) is 60.7 Å². The summed E-state index contributed by atoms with van der Waals surface area (Å²) < 4.78 is 61.6. The highest BCUT2D eigenvalue weighted by Gasteiger charge is 2.28. The average molecular weight is 469 g/mol. The second kappa shape index (κ2) is 10.3. The number of carbonyl (C=O) groups excluding carboxylic acids is 1. The number of carbonyl (C=O) groups is 1. The molecule has 32 heavy (non-hydrogen) atoms. The Morgan fingerprint density at radius 2 is 1.78 bits per heavy atom. The molecule has 2 aromatic carbocycles. The zero-order chi connectivity index (χ0) is 23.3. The average Bonchev–Trinajstić information content (AvgIpc) is 2.77. The minimum atomic E-state index is -3.59. The summed E-state index contributed by atoms with van der Waals surface area (Å²) in [6, 6.07) is 10.2. The first kappa shape index (κ1) is 23.9. The molecule has 1 aliphatic heterocycles. The zero-order valence-corrected chi connectivity index (χ0v) is 18.7. The van der Waals surface area contributed by atoms with E-state index in [1.165, 1.54) is 47.8 Å². The Morgan fingerprint density at radius 1 is 1.12 bits per heavy atom. The lowest BCUT2D eigenvalue weighted by Gasteiger charge is -2.29. The second-order valence-electron chi connectivity index (χ2n) is 7.66. The van der Waals surface area contributed by atoms with Crippen molar-refractivity contribution < 1.29 is 31.5 Å². The molecule has 1 heterocycles. The first-order valence-corrected chi connectivity index (χ1v) is 11.6. The van der Waals surface area contributed by atoms with Crippen LogP contribution in [0.4, 0.5) is 8.78 Å². The maximum absolute atomic E-state index is 12.8. The molecule has 2 aromatic rings. The summed E-state index contributed by atoms with van der Waals surface area (Å²) >= 11 is 0. The van der Waals surface area contributed by atoms with Gasteiger partial charge in [0.1, 0.15) is 0 Å². The van der Waals surface area contributed by atoms with E-state index < -0.39 is 22.5 Å². The molecule has 0 radical (unpaired) electrons. The van der Waals surface area contributed by atoms with Crippen molar-refractivity contribution in [2.45, 2.75) is 37.8 Å². The van der Waals surface area contributed by atoms with E-state index >= 15 is 0 Å². The zero-order valence-electron chi connectivity index (χ0n) is 17.9. The summed E-state index contributed by atoms with van der Waals surface area (Å²) in [5, 5.41) is 2.68. The molecule has 0 aliphatic carbocycles. The van der Waals surface area contributed by atoms with E-state index in [-0.39, 0.29) is 28.5 Å². The highest BCUT2D eigenvalue weighted by Crippen LogP contribution is 2.29. The van der Waals surface area contributed by atoms with E-state index in [2.05, 4.69) is 17.0 Å². The monoisotopic (exact) mass is 468 g/mol. The van der Waals surface area contributed by atoms with Crippen molar-refractivity contribution in [2.24, 2.45) is 5.92 Å². The second-order valence-corrected chi connectivity index (χ2v) is 9.60. The van der Waals surface area contributed by atoms with Crippen molar-refractivity contribution in [1.29, 1.82) is 0 Å². The number of nitrogens with zero attached hydrogens (tertiary/aromatic N) is 1. The predicted molar refractivity (Wildman–Crippen MR) is 114 cm³/mol. The number of amides is 1. The first-order valence-electron chi connectivity index (χ1n) is 10.2. The number of hydrogen-bond donors (Lipinski definition) is 1. The Balaban J connectivity index is 1.64. The maximum Gasteiger partial charge on any atom is 0.387 e. The first-order chi connectivity index (χ1) is 15.2. The van der Waals surface area contributed by atoms with Gasteiger partial charge in [-0.1, -0.05) is 13.0 Å². The van der Waals surface area contributed by atoms with Crippen molar-refractivity contribution in [3.63, 3.8) is 0 Å². The fraction of sp³-hybridized carbons (Fsp3) is 0.409. The number of piperidine rings is 1. The summed E-state index contributed by atoms with van der Waals surface area (Å²) in [5.41, 5.74) is 0.821.